The summed E-state index contributed by atoms with van der Waals surface area (Å²) < 4.78 is 11.3. The van der Waals surface area contributed by atoms with Gasteiger partial charge < -0.3 is 10.2 Å². The highest BCUT2D eigenvalue weighted by Crippen LogP contribution is 2.24. The molecular weight excluding hydrogens is 410 g/mol. The zero-order chi connectivity index (χ0) is 22.0. The lowest BCUT2D eigenvalue weighted by molar-refractivity contribution is -0.384. The minimum absolute atomic E-state index is 0.000348. The Morgan fingerprint density at radius 1 is 1.26 bits per heavy atom. The number of nitro groups is 1. The molecule has 3 aromatic heterocycles. The number of benzene rings is 1. The third kappa shape index (κ3) is 3.84. The van der Waals surface area contributed by atoms with Crippen molar-refractivity contribution in [2.75, 3.05) is 5.73 Å². The molecule has 156 valence electrons. The minimum atomic E-state index is -0.614. The lowest BCUT2D eigenvalue weighted by Crippen LogP contribution is -2.19. The zero-order valence-corrected chi connectivity index (χ0v) is 15.8. The van der Waals surface area contributed by atoms with E-state index in [4.69, 9.17) is 10.2 Å². The maximum Gasteiger partial charge on any atom is 0.293 e. The fourth-order valence-electron chi connectivity index (χ4n) is 2.61. The van der Waals surface area contributed by atoms with E-state index in [-0.39, 0.29) is 23.0 Å². The lowest BCUT2D eigenvalue weighted by Gasteiger charge is -1.99. The molecule has 0 fully saturated rings. The number of aromatic nitrogens is 5. The summed E-state index contributed by atoms with van der Waals surface area (Å²) in [6.07, 6.45) is 1.30. The molecule has 0 radical (unpaired) electrons. The Morgan fingerprint density at radius 3 is 2.71 bits per heavy atom. The van der Waals surface area contributed by atoms with Gasteiger partial charge in [-0.3, -0.25) is 14.9 Å². The number of carbonyl (C=O) groups is 1. The van der Waals surface area contributed by atoms with E-state index in [1.54, 1.807) is 31.2 Å². The molecule has 0 unspecified atom stereocenters. The fourth-order valence-corrected chi connectivity index (χ4v) is 2.61. The number of hydrazone groups is 1. The first kappa shape index (κ1) is 19.4. The monoisotopic (exact) mass is 423 g/mol. The number of amides is 1. The number of nitrogens with two attached hydrogens (primary N) is 1. The molecule has 4 rings (SSSR count). The summed E-state index contributed by atoms with van der Waals surface area (Å²) in [5.41, 5.74) is 8.93. The van der Waals surface area contributed by atoms with E-state index in [2.05, 4.69) is 35.8 Å². The Labute approximate surface area is 172 Å². The van der Waals surface area contributed by atoms with Gasteiger partial charge in [0.2, 0.25) is 11.6 Å². The molecule has 0 saturated carbocycles. The minimum Gasteiger partial charge on any atom is -0.455 e. The first-order valence-electron chi connectivity index (χ1n) is 8.63. The van der Waals surface area contributed by atoms with Crippen LogP contribution in [-0.2, 0) is 0 Å². The average Bonchev–Trinajstić information content (AvgIpc) is 3.48. The molecule has 0 bridgehead atoms. The van der Waals surface area contributed by atoms with Crippen molar-refractivity contribution in [2.24, 2.45) is 5.10 Å². The topological polar surface area (TPSA) is 193 Å². The number of nitro benzene ring substituents is 1. The molecule has 1 amide bonds. The number of non-ortho nitro benzene ring substituents is 1. The Morgan fingerprint density at radius 2 is 2.03 bits per heavy atom. The van der Waals surface area contributed by atoms with Gasteiger partial charge in [-0.25, -0.2) is 10.1 Å². The summed E-state index contributed by atoms with van der Waals surface area (Å²) in [5, 5.41) is 29.2. The highest BCUT2D eigenvalue weighted by Gasteiger charge is 2.20. The Bertz CT molecular complexity index is 1290. The van der Waals surface area contributed by atoms with Gasteiger partial charge in [-0.05, 0) is 41.5 Å². The number of furan rings is 1. The van der Waals surface area contributed by atoms with Gasteiger partial charge in [0.25, 0.3) is 11.6 Å². The maximum absolute atomic E-state index is 12.3. The SMILES string of the molecule is Cc1c(C(=O)NN=Cc2ccc(-c3ccc([N+](=O)[O-])cc3)o2)nnn1-c1nonc1N. The third-order valence-electron chi connectivity index (χ3n) is 4.15. The molecule has 3 heterocycles. The van der Waals surface area contributed by atoms with Gasteiger partial charge in [0.1, 0.15) is 11.5 Å². The van der Waals surface area contributed by atoms with Crippen LogP contribution >= 0.6 is 0 Å². The number of rotatable bonds is 6. The van der Waals surface area contributed by atoms with Crippen molar-refractivity contribution in [3.63, 3.8) is 0 Å². The van der Waals surface area contributed by atoms with Crippen LogP contribution in [0.4, 0.5) is 11.5 Å². The molecule has 0 saturated heterocycles. The van der Waals surface area contributed by atoms with E-state index in [9.17, 15) is 14.9 Å². The molecule has 31 heavy (non-hydrogen) atoms. The molecule has 0 aliphatic carbocycles. The van der Waals surface area contributed by atoms with E-state index in [1.165, 1.54) is 23.0 Å². The van der Waals surface area contributed by atoms with Crippen LogP contribution in [0.5, 0.6) is 0 Å². The van der Waals surface area contributed by atoms with Crippen LogP contribution in [0.15, 0.2) is 50.5 Å². The summed E-state index contributed by atoms with van der Waals surface area (Å²) in [5.74, 6) is 0.342. The third-order valence-corrected chi connectivity index (χ3v) is 4.15. The van der Waals surface area contributed by atoms with Gasteiger partial charge in [-0.2, -0.15) is 9.78 Å². The summed E-state index contributed by atoms with van der Waals surface area (Å²) in [6, 6.07) is 9.21. The number of hydrogen-bond donors (Lipinski definition) is 2. The molecule has 14 heteroatoms. The maximum atomic E-state index is 12.3. The van der Waals surface area contributed by atoms with Crippen LogP contribution in [0.2, 0.25) is 0 Å². The molecule has 3 N–H and O–H groups in total. The lowest BCUT2D eigenvalue weighted by atomic mass is 10.1. The first-order valence-corrected chi connectivity index (χ1v) is 8.63. The second-order valence-corrected chi connectivity index (χ2v) is 6.11. The van der Waals surface area contributed by atoms with Crippen molar-refractivity contribution < 1.29 is 18.8 Å². The second-order valence-electron chi connectivity index (χ2n) is 6.11. The molecular formula is C17H13N9O5. The zero-order valence-electron chi connectivity index (χ0n) is 15.8. The van der Waals surface area contributed by atoms with Crippen molar-refractivity contribution in [3.05, 3.63) is 63.7 Å². The number of nitrogens with zero attached hydrogens (tertiary/aromatic N) is 7. The van der Waals surface area contributed by atoms with Gasteiger partial charge >= 0.3 is 0 Å². The van der Waals surface area contributed by atoms with Crippen LogP contribution in [0.3, 0.4) is 0 Å². The van der Waals surface area contributed by atoms with Gasteiger partial charge in [0, 0.05) is 17.7 Å². The van der Waals surface area contributed by atoms with E-state index < -0.39 is 10.8 Å². The van der Waals surface area contributed by atoms with Gasteiger partial charge in [-0.15, -0.1) is 5.10 Å². The number of nitrogens with one attached hydrogen (secondary N) is 1. The average molecular weight is 423 g/mol. The van der Waals surface area contributed by atoms with Crippen molar-refractivity contribution >= 4 is 23.6 Å². The Hall–Kier alpha value is -4.88. The quantitative estimate of drug-likeness (QED) is 0.260. The Balaban J connectivity index is 1.43. The van der Waals surface area contributed by atoms with Crippen LogP contribution in [0, 0.1) is 17.0 Å². The van der Waals surface area contributed by atoms with Crippen molar-refractivity contribution in [2.45, 2.75) is 6.92 Å². The molecule has 14 nitrogen and oxygen atoms in total. The predicted molar refractivity (Wildman–Crippen MR) is 104 cm³/mol. The smallest absolute Gasteiger partial charge is 0.293 e. The predicted octanol–water partition coefficient (Wildman–Crippen LogP) is 1.47. The van der Waals surface area contributed by atoms with Gasteiger partial charge in [-0.1, -0.05) is 5.21 Å². The summed E-state index contributed by atoms with van der Waals surface area (Å²) in [6.45, 7) is 1.59. The largest absolute Gasteiger partial charge is 0.455 e. The normalized spacial score (nSPS) is 11.1. The second kappa shape index (κ2) is 7.86. The van der Waals surface area contributed by atoms with E-state index in [1.807, 2.05) is 0 Å². The number of carbonyl (C=O) groups excluding carboxylic acids is 1. The van der Waals surface area contributed by atoms with Crippen molar-refractivity contribution in [1.29, 1.82) is 0 Å². The molecule has 1 aromatic carbocycles. The van der Waals surface area contributed by atoms with E-state index in [0.717, 1.165) is 0 Å². The standard InChI is InChI=1S/C17H13N9O5/c1-9-14(20-24-25(9)16-15(18)22-31-23-16)17(27)21-19-8-12-6-7-13(30-12)10-2-4-11(5-3-10)26(28)29/h2-8H,1H3,(H2,18,22)(H,21,27). The van der Waals surface area contributed by atoms with Crippen molar-refractivity contribution in [3.8, 4) is 17.1 Å². The van der Waals surface area contributed by atoms with Crippen LogP contribution in [0.1, 0.15) is 21.9 Å². The van der Waals surface area contributed by atoms with Crippen LogP contribution in [-0.4, -0.2) is 42.4 Å². The van der Waals surface area contributed by atoms with Gasteiger partial charge in [0.05, 0.1) is 16.8 Å². The van der Waals surface area contributed by atoms with E-state index in [0.29, 0.717) is 22.8 Å². The Kier molecular flexibility index (Phi) is 4.93. The first-order chi connectivity index (χ1) is 14.9. The summed E-state index contributed by atoms with van der Waals surface area (Å²) >= 11 is 0. The highest BCUT2D eigenvalue weighted by atomic mass is 16.6. The number of hydrogen-bond acceptors (Lipinski definition) is 11. The molecule has 0 spiro atoms. The fraction of sp³-hybridized carbons (Fsp3) is 0.0588. The number of anilines is 1. The highest BCUT2D eigenvalue weighted by molar-refractivity contribution is 5.94. The number of nitrogen functional groups attached to an aromatic ring is 1. The van der Waals surface area contributed by atoms with Crippen LogP contribution < -0.4 is 11.2 Å². The summed E-state index contributed by atoms with van der Waals surface area (Å²) in [7, 11) is 0. The van der Waals surface area contributed by atoms with E-state index >= 15 is 0 Å². The molecule has 0 atom stereocenters. The van der Waals surface area contributed by atoms with Gasteiger partial charge in [0.15, 0.2) is 5.69 Å². The molecule has 0 aliphatic heterocycles. The van der Waals surface area contributed by atoms with Crippen molar-refractivity contribution in [1.82, 2.24) is 30.7 Å². The molecule has 0 aliphatic rings. The molecule has 4 aromatic rings. The summed E-state index contributed by atoms with van der Waals surface area (Å²) in [4.78, 5) is 22.6. The van der Waals surface area contributed by atoms with Crippen LogP contribution in [0.25, 0.3) is 17.1 Å².